The molecule has 0 spiro atoms. The summed E-state index contributed by atoms with van der Waals surface area (Å²) in [5.41, 5.74) is 0.993. The molecule has 0 radical (unpaired) electrons. The highest BCUT2D eigenvalue weighted by Crippen LogP contribution is 2.38. The number of rotatable bonds is 10. The Morgan fingerprint density at radius 1 is 0.773 bits per heavy atom. The van der Waals surface area contributed by atoms with E-state index >= 15 is 0 Å². The van der Waals surface area contributed by atoms with Gasteiger partial charge in [-0.05, 0) is 47.3 Å². The molecule has 0 rings (SSSR count). The van der Waals surface area contributed by atoms with Gasteiger partial charge in [-0.2, -0.15) is 0 Å². The van der Waals surface area contributed by atoms with E-state index in [1.807, 2.05) is 0 Å². The Morgan fingerprint density at radius 2 is 1.32 bits per heavy atom. The second kappa shape index (κ2) is 7.99. The van der Waals surface area contributed by atoms with Gasteiger partial charge in [0.05, 0.1) is 0 Å². The second-order valence-electron chi connectivity index (χ2n) is 10.3. The molecule has 1 N–H and O–H groups in total. The molecule has 0 aliphatic carbocycles. The first-order chi connectivity index (χ1) is 9.74. The number of aliphatic hydroxyl groups is 1. The third-order valence-electron chi connectivity index (χ3n) is 4.83. The number of hydrogen-bond donors (Lipinski definition) is 1. The number of aliphatic hydroxyl groups excluding tert-OH is 1. The van der Waals surface area contributed by atoms with Gasteiger partial charge in [0, 0.05) is 6.61 Å². The molecule has 0 aliphatic heterocycles. The molecule has 0 saturated heterocycles. The Kier molecular flexibility index (Phi) is 7.89. The molecule has 0 aromatic rings. The van der Waals surface area contributed by atoms with Crippen LogP contribution in [0.3, 0.4) is 0 Å². The zero-order chi connectivity index (χ0) is 17.7. The van der Waals surface area contributed by atoms with Crippen LogP contribution >= 0.6 is 0 Å². The van der Waals surface area contributed by atoms with Gasteiger partial charge in [0.15, 0.2) is 0 Å². The highest BCUT2D eigenvalue weighted by molar-refractivity contribution is 4.97. The summed E-state index contributed by atoms with van der Waals surface area (Å²) in [7, 11) is 0. The van der Waals surface area contributed by atoms with E-state index in [4.69, 9.17) is 0 Å². The maximum atomic E-state index is 9.45. The van der Waals surface area contributed by atoms with Gasteiger partial charge in [-0.3, -0.25) is 0 Å². The molecule has 0 aliphatic rings. The molecule has 0 unspecified atom stereocenters. The molecule has 0 atom stereocenters. The Labute approximate surface area is 140 Å². The summed E-state index contributed by atoms with van der Waals surface area (Å²) in [4.78, 5) is 0. The van der Waals surface area contributed by atoms with Crippen LogP contribution in [0.5, 0.6) is 0 Å². The lowest BCUT2D eigenvalue weighted by molar-refractivity contribution is 0.0991. The lowest BCUT2D eigenvalue weighted by atomic mass is 9.72. The molecule has 0 saturated carbocycles. The Bertz CT molecular complexity index is 345. The van der Waals surface area contributed by atoms with E-state index in [2.05, 4.69) is 74.5 Å². The summed E-state index contributed by atoms with van der Waals surface area (Å²) in [5.74, 6) is 0. The molecule has 0 bridgehead atoms. The molecular weight excluding hydrogens is 268 g/mol. The van der Waals surface area contributed by atoms with E-state index in [9.17, 15) is 5.11 Å². The number of allylic oxidation sites excluding steroid dienone is 2. The van der Waals surface area contributed by atoms with Crippen LogP contribution in [0.1, 0.15) is 94.4 Å². The summed E-state index contributed by atoms with van der Waals surface area (Å²) < 4.78 is 0. The summed E-state index contributed by atoms with van der Waals surface area (Å²) in [6.45, 7) is 20.9. The van der Waals surface area contributed by atoms with Crippen LogP contribution in [0.2, 0.25) is 0 Å². The molecule has 132 valence electrons. The molecule has 0 amide bonds. The first-order valence-electron chi connectivity index (χ1n) is 9.03. The summed E-state index contributed by atoms with van der Waals surface area (Å²) in [5, 5.41) is 9.45. The fraction of sp³-hybridized carbons (Fsp3) is 0.905. The second-order valence-corrected chi connectivity index (χ2v) is 10.3. The predicted octanol–water partition coefficient (Wildman–Crippen LogP) is 6.61. The zero-order valence-corrected chi connectivity index (χ0v) is 16.8. The Morgan fingerprint density at radius 3 is 1.77 bits per heavy atom. The van der Waals surface area contributed by atoms with Gasteiger partial charge in [0.25, 0.3) is 0 Å². The van der Waals surface area contributed by atoms with E-state index in [0.29, 0.717) is 5.41 Å². The molecule has 0 fully saturated rings. The van der Waals surface area contributed by atoms with Gasteiger partial charge < -0.3 is 5.11 Å². The summed E-state index contributed by atoms with van der Waals surface area (Å²) in [6, 6.07) is 0. The predicted molar refractivity (Wildman–Crippen MR) is 100 cm³/mol. The van der Waals surface area contributed by atoms with Crippen molar-refractivity contribution in [1.82, 2.24) is 0 Å². The van der Waals surface area contributed by atoms with Crippen molar-refractivity contribution in [3.05, 3.63) is 12.2 Å². The van der Waals surface area contributed by atoms with Crippen LogP contribution in [0.4, 0.5) is 0 Å². The highest BCUT2D eigenvalue weighted by Gasteiger charge is 2.28. The molecule has 0 aromatic heterocycles. The van der Waals surface area contributed by atoms with Crippen LogP contribution in [-0.2, 0) is 0 Å². The van der Waals surface area contributed by atoms with Crippen LogP contribution in [0.25, 0.3) is 0 Å². The third-order valence-corrected chi connectivity index (χ3v) is 4.83. The van der Waals surface area contributed by atoms with Crippen LogP contribution in [-0.4, -0.2) is 11.7 Å². The summed E-state index contributed by atoms with van der Waals surface area (Å²) in [6.07, 6.45) is 10.6. The SMILES string of the molecule is CCC(C)(C)CC(C)(C)C=CCCC(C)(C)CC(C)(C)CO. The maximum Gasteiger partial charge on any atom is 0.0482 e. The van der Waals surface area contributed by atoms with E-state index in [-0.39, 0.29) is 22.9 Å². The molecule has 0 aromatic carbocycles. The van der Waals surface area contributed by atoms with E-state index in [0.717, 1.165) is 12.8 Å². The number of hydrogen-bond acceptors (Lipinski definition) is 1. The summed E-state index contributed by atoms with van der Waals surface area (Å²) >= 11 is 0. The van der Waals surface area contributed by atoms with Gasteiger partial charge in [0.1, 0.15) is 0 Å². The normalized spacial score (nSPS) is 14.8. The minimum atomic E-state index is 0.0254. The fourth-order valence-corrected chi connectivity index (χ4v) is 3.73. The monoisotopic (exact) mass is 310 g/mol. The van der Waals surface area contributed by atoms with Crippen molar-refractivity contribution in [2.75, 3.05) is 6.61 Å². The van der Waals surface area contributed by atoms with E-state index in [1.54, 1.807) is 0 Å². The zero-order valence-electron chi connectivity index (χ0n) is 16.8. The maximum absolute atomic E-state index is 9.45. The molecular formula is C21H42O. The molecule has 0 heterocycles. The third kappa shape index (κ3) is 9.66. The highest BCUT2D eigenvalue weighted by atomic mass is 16.3. The van der Waals surface area contributed by atoms with Crippen molar-refractivity contribution in [3.8, 4) is 0 Å². The van der Waals surface area contributed by atoms with Crippen molar-refractivity contribution >= 4 is 0 Å². The van der Waals surface area contributed by atoms with Crippen molar-refractivity contribution in [2.45, 2.75) is 94.4 Å². The van der Waals surface area contributed by atoms with Gasteiger partial charge in [0.2, 0.25) is 0 Å². The smallest absolute Gasteiger partial charge is 0.0482 e. The van der Waals surface area contributed by atoms with Crippen LogP contribution in [0.15, 0.2) is 12.2 Å². The molecule has 1 nitrogen and oxygen atoms in total. The minimum absolute atomic E-state index is 0.0254. The van der Waals surface area contributed by atoms with E-state index < -0.39 is 0 Å². The molecule has 1 heteroatoms. The van der Waals surface area contributed by atoms with E-state index in [1.165, 1.54) is 19.3 Å². The first-order valence-corrected chi connectivity index (χ1v) is 9.03. The lowest BCUT2D eigenvalue weighted by Gasteiger charge is -2.34. The van der Waals surface area contributed by atoms with Gasteiger partial charge in [-0.25, -0.2) is 0 Å². The fourth-order valence-electron chi connectivity index (χ4n) is 3.73. The first kappa shape index (κ1) is 21.7. The topological polar surface area (TPSA) is 20.2 Å². The van der Waals surface area contributed by atoms with Crippen molar-refractivity contribution in [2.24, 2.45) is 21.7 Å². The standard InChI is InChI=1S/C21H42O/c1-10-18(2,3)15-19(4,5)13-11-12-14-20(6,7)16-21(8,9)17-22/h11,13,22H,10,12,14-17H2,1-9H3. The van der Waals surface area contributed by atoms with Crippen molar-refractivity contribution < 1.29 is 5.11 Å². The lowest BCUT2D eigenvalue weighted by Crippen LogP contribution is -2.26. The van der Waals surface area contributed by atoms with Crippen molar-refractivity contribution in [3.63, 3.8) is 0 Å². The largest absolute Gasteiger partial charge is 0.396 e. The average molecular weight is 311 g/mol. The van der Waals surface area contributed by atoms with Gasteiger partial charge in [-0.15, -0.1) is 0 Å². The van der Waals surface area contributed by atoms with Crippen LogP contribution in [0, 0.1) is 21.7 Å². The Balaban J connectivity index is 4.44. The van der Waals surface area contributed by atoms with Gasteiger partial charge in [-0.1, -0.05) is 80.9 Å². The van der Waals surface area contributed by atoms with Crippen molar-refractivity contribution in [1.29, 1.82) is 0 Å². The molecule has 22 heavy (non-hydrogen) atoms. The van der Waals surface area contributed by atoms with Gasteiger partial charge >= 0.3 is 0 Å². The average Bonchev–Trinajstić information content (AvgIpc) is 2.32. The quantitative estimate of drug-likeness (QED) is 0.450. The van der Waals surface area contributed by atoms with Crippen LogP contribution < -0.4 is 0 Å². The Hall–Kier alpha value is -0.300. The minimum Gasteiger partial charge on any atom is -0.396 e.